The predicted octanol–water partition coefficient (Wildman–Crippen LogP) is 1.54. The highest BCUT2D eigenvalue weighted by molar-refractivity contribution is 5.51. The highest BCUT2D eigenvalue weighted by Crippen LogP contribution is 2.26. The molecule has 1 N–H and O–H groups in total. The summed E-state index contributed by atoms with van der Waals surface area (Å²) in [5.74, 6) is 0. The summed E-state index contributed by atoms with van der Waals surface area (Å²) >= 11 is 0. The van der Waals surface area contributed by atoms with Crippen LogP contribution in [0.25, 0.3) is 0 Å². The number of fused-ring (bicyclic) bond motifs is 2. The largest absolute Gasteiger partial charge is 0.368 e. The molecule has 90 valence electrons. The van der Waals surface area contributed by atoms with Crippen LogP contribution in [0.15, 0.2) is 24.3 Å². The third-order valence-corrected chi connectivity index (χ3v) is 3.64. The number of anilines is 1. The molecule has 5 nitrogen and oxygen atoms in total. The molecule has 0 aromatic heterocycles. The maximum absolute atomic E-state index is 10.6. The molecule has 2 aliphatic rings. The fourth-order valence-corrected chi connectivity index (χ4v) is 2.79. The summed E-state index contributed by atoms with van der Waals surface area (Å²) in [5.41, 5.74) is 1.25. The molecule has 2 bridgehead atoms. The minimum atomic E-state index is -0.356. The van der Waals surface area contributed by atoms with Crippen molar-refractivity contribution in [2.24, 2.45) is 0 Å². The second kappa shape index (κ2) is 4.00. The maximum atomic E-state index is 10.6. The Hall–Kier alpha value is -1.62. The number of hydrogen-bond acceptors (Lipinski definition) is 4. The van der Waals surface area contributed by atoms with Crippen molar-refractivity contribution in [1.29, 1.82) is 0 Å². The molecular weight excluding hydrogens is 218 g/mol. The number of nitro groups is 1. The third kappa shape index (κ3) is 1.98. The minimum Gasteiger partial charge on any atom is -0.368 e. The number of benzene rings is 1. The molecule has 0 radical (unpaired) electrons. The molecule has 0 unspecified atom stereocenters. The van der Waals surface area contributed by atoms with Crippen LogP contribution >= 0.6 is 0 Å². The number of nitrogens with one attached hydrogen (secondary N) is 1. The standard InChI is InChI=1S/C12H15N3O2/c16-15(17)12-5-3-11(4-6-12)14-7-9-1-2-10(8-14)13-9/h3-6,9-10,13H,1-2,7-8H2/t9-,10+. The molecule has 2 fully saturated rings. The summed E-state index contributed by atoms with van der Waals surface area (Å²) in [6.07, 6.45) is 2.49. The van der Waals surface area contributed by atoms with Gasteiger partial charge in [-0.15, -0.1) is 0 Å². The van der Waals surface area contributed by atoms with E-state index in [1.165, 1.54) is 12.8 Å². The summed E-state index contributed by atoms with van der Waals surface area (Å²) in [5, 5.41) is 14.2. The molecule has 0 saturated carbocycles. The first-order valence-electron chi connectivity index (χ1n) is 5.98. The van der Waals surface area contributed by atoms with Gasteiger partial charge in [0.15, 0.2) is 0 Å². The van der Waals surface area contributed by atoms with Crippen LogP contribution in [0.5, 0.6) is 0 Å². The van der Waals surface area contributed by atoms with Crippen molar-refractivity contribution in [2.45, 2.75) is 24.9 Å². The van der Waals surface area contributed by atoms with Crippen LogP contribution in [0.4, 0.5) is 11.4 Å². The average molecular weight is 233 g/mol. The molecule has 0 spiro atoms. The lowest BCUT2D eigenvalue weighted by molar-refractivity contribution is -0.384. The highest BCUT2D eigenvalue weighted by Gasteiger charge is 2.32. The van der Waals surface area contributed by atoms with Gasteiger partial charge in [0.1, 0.15) is 0 Å². The number of hydrogen-bond donors (Lipinski definition) is 1. The first kappa shape index (κ1) is 10.5. The molecule has 1 aromatic rings. The minimum absolute atomic E-state index is 0.159. The summed E-state index contributed by atoms with van der Waals surface area (Å²) in [4.78, 5) is 12.6. The van der Waals surface area contributed by atoms with E-state index >= 15 is 0 Å². The monoisotopic (exact) mass is 233 g/mol. The van der Waals surface area contributed by atoms with Gasteiger partial charge < -0.3 is 10.2 Å². The van der Waals surface area contributed by atoms with E-state index in [0.717, 1.165) is 18.8 Å². The van der Waals surface area contributed by atoms with Crippen molar-refractivity contribution < 1.29 is 4.92 Å². The molecule has 2 saturated heterocycles. The quantitative estimate of drug-likeness (QED) is 0.621. The Balaban J connectivity index is 1.78. The number of nitro benzene ring substituents is 1. The SMILES string of the molecule is O=[N+]([O-])c1ccc(N2C[C@H]3CC[C@@H](C2)N3)cc1. The van der Waals surface area contributed by atoms with Gasteiger partial charge in [-0.05, 0) is 25.0 Å². The number of rotatable bonds is 2. The fraction of sp³-hybridized carbons (Fsp3) is 0.500. The zero-order valence-electron chi connectivity index (χ0n) is 9.50. The molecule has 5 heteroatoms. The van der Waals surface area contributed by atoms with Crippen molar-refractivity contribution in [1.82, 2.24) is 5.32 Å². The van der Waals surface area contributed by atoms with E-state index in [1.807, 2.05) is 12.1 Å². The van der Waals surface area contributed by atoms with Crippen LogP contribution in [0.3, 0.4) is 0 Å². The van der Waals surface area contributed by atoms with Gasteiger partial charge in [0.05, 0.1) is 4.92 Å². The van der Waals surface area contributed by atoms with E-state index in [2.05, 4.69) is 10.2 Å². The van der Waals surface area contributed by atoms with Gasteiger partial charge in [-0.25, -0.2) is 0 Å². The lowest BCUT2D eigenvalue weighted by Gasteiger charge is -2.34. The molecule has 0 aliphatic carbocycles. The van der Waals surface area contributed by atoms with Gasteiger partial charge in [-0.1, -0.05) is 0 Å². The van der Waals surface area contributed by atoms with Gasteiger partial charge in [-0.3, -0.25) is 10.1 Å². The summed E-state index contributed by atoms with van der Waals surface area (Å²) in [6.45, 7) is 2.02. The van der Waals surface area contributed by atoms with Crippen molar-refractivity contribution in [2.75, 3.05) is 18.0 Å². The molecule has 1 aromatic carbocycles. The third-order valence-electron chi connectivity index (χ3n) is 3.64. The van der Waals surface area contributed by atoms with Crippen LogP contribution in [0, 0.1) is 10.1 Å². The van der Waals surface area contributed by atoms with Gasteiger partial charge in [-0.2, -0.15) is 0 Å². The van der Waals surface area contributed by atoms with Gasteiger partial charge in [0.2, 0.25) is 0 Å². The first-order valence-corrected chi connectivity index (χ1v) is 5.98. The Bertz CT molecular complexity index is 420. The van der Waals surface area contributed by atoms with E-state index < -0.39 is 0 Å². The Labute approximate surface area is 99.6 Å². The molecule has 2 atom stereocenters. The van der Waals surface area contributed by atoms with Gasteiger partial charge >= 0.3 is 0 Å². The summed E-state index contributed by atoms with van der Waals surface area (Å²) < 4.78 is 0. The van der Waals surface area contributed by atoms with E-state index in [9.17, 15) is 10.1 Å². The van der Waals surface area contributed by atoms with E-state index in [1.54, 1.807) is 12.1 Å². The van der Waals surface area contributed by atoms with Gasteiger partial charge in [0, 0.05) is 43.0 Å². The molecule has 2 aliphatic heterocycles. The van der Waals surface area contributed by atoms with Gasteiger partial charge in [0.25, 0.3) is 5.69 Å². The van der Waals surface area contributed by atoms with Crippen LogP contribution in [-0.4, -0.2) is 30.1 Å². The Morgan fingerprint density at radius 3 is 2.29 bits per heavy atom. The smallest absolute Gasteiger partial charge is 0.269 e. The summed E-state index contributed by atoms with van der Waals surface area (Å²) in [6, 6.07) is 8.04. The molecule has 0 amide bonds. The second-order valence-electron chi connectivity index (χ2n) is 4.82. The molecular formula is C12H15N3O2. The average Bonchev–Trinajstić information content (AvgIpc) is 2.68. The summed E-state index contributed by atoms with van der Waals surface area (Å²) in [7, 11) is 0. The van der Waals surface area contributed by atoms with Crippen LogP contribution in [0.2, 0.25) is 0 Å². The Morgan fingerprint density at radius 1 is 1.18 bits per heavy atom. The lowest BCUT2D eigenvalue weighted by atomic mass is 10.2. The Morgan fingerprint density at radius 2 is 1.76 bits per heavy atom. The molecule has 2 heterocycles. The highest BCUT2D eigenvalue weighted by atomic mass is 16.6. The first-order chi connectivity index (χ1) is 8.22. The Kier molecular flexibility index (Phi) is 2.48. The molecule has 3 rings (SSSR count). The van der Waals surface area contributed by atoms with Crippen molar-refractivity contribution >= 4 is 11.4 Å². The maximum Gasteiger partial charge on any atom is 0.269 e. The van der Waals surface area contributed by atoms with E-state index in [-0.39, 0.29) is 10.6 Å². The normalized spacial score (nSPS) is 27.2. The predicted molar refractivity (Wildman–Crippen MR) is 65.3 cm³/mol. The van der Waals surface area contributed by atoms with Crippen LogP contribution in [0.1, 0.15) is 12.8 Å². The van der Waals surface area contributed by atoms with Crippen molar-refractivity contribution in [3.63, 3.8) is 0 Å². The van der Waals surface area contributed by atoms with Crippen molar-refractivity contribution in [3.05, 3.63) is 34.4 Å². The number of non-ortho nitro benzene ring substituents is 1. The zero-order valence-corrected chi connectivity index (χ0v) is 9.50. The van der Waals surface area contributed by atoms with Crippen LogP contribution in [-0.2, 0) is 0 Å². The topological polar surface area (TPSA) is 58.4 Å². The van der Waals surface area contributed by atoms with Crippen LogP contribution < -0.4 is 10.2 Å². The lowest BCUT2D eigenvalue weighted by Crippen LogP contribution is -2.51. The van der Waals surface area contributed by atoms with Crippen molar-refractivity contribution in [3.8, 4) is 0 Å². The van der Waals surface area contributed by atoms with E-state index in [0.29, 0.717) is 12.1 Å². The van der Waals surface area contributed by atoms with E-state index in [4.69, 9.17) is 0 Å². The zero-order chi connectivity index (χ0) is 11.8. The number of nitrogens with zero attached hydrogens (tertiary/aromatic N) is 2. The fourth-order valence-electron chi connectivity index (χ4n) is 2.79. The number of piperazine rings is 1. The molecule has 17 heavy (non-hydrogen) atoms. The second-order valence-corrected chi connectivity index (χ2v) is 4.82.